The molecule has 2 aromatic rings. The Bertz CT molecular complexity index is 563. The van der Waals surface area contributed by atoms with Gasteiger partial charge in [0.15, 0.2) is 0 Å². The molecule has 0 aliphatic heterocycles. The minimum Gasteiger partial charge on any atom is -0.369 e. The molecule has 0 unspecified atom stereocenters. The summed E-state index contributed by atoms with van der Waals surface area (Å²) in [5.74, 6) is -0.373. The summed E-state index contributed by atoms with van der Waals surface area (Å²) in [6.45, 7) is 0. The van der Waals surface area contributed by atoms with Crippen LogP contribution >= 0.6 is 34.5 Å². The molecule has 94 valence electrons. The summed E-state index contributed by atoms with van der Waals surface area (Å²) in [4.78, 5) is 11.0. The van der Waals surface area contributed by atoms with Gasteiger partial charge in [0, 0.05) is 5.38 Å². The van der Waals surface area contributed by atoms with Crippen molar-refractivity contribution in [2.75, 3.05) is 5.32 Å². The monoisotopic (exact) mass is 300 g/mol. The lowest BCUT2D eigenvalue weighted by Crippen LogP contribution is -2.13. The maximum atomic E-state index is 11.0. The molecule has 1 aromatic heterocycles. The lowest BCUT2D eigenvalue weighted by Gasteiger charge is -2.10. The first-order valence-corrected chi connectivity index (χ1v) is 6.82. The molecule has 6 heteroatoms. The average Bonchev–Trinajstić information content (AvgIpc) is 2.70. The number of amides is 1. The second-order valence-electron chi connectivity index (χ2n) is 3.68. The van der Waals surface area contributed by atoms with Gasteiger partial charge < -0.3 is 11.1 Å². The van der Waals surface area contributed by atoms with Gasteiger partial charge in [-0.3, -0.25) is 4.79 Å². The number of hydrogen-bond donors (Lipinski definition) is 2. The van der Waals surface area contributed by atoms with Gasteiger partial charge in [0.05, 0.1) is 27.8 Å². The third-order valence-electron chi connectivity index (χ3n) is 2.33. The largest absolute Gasteiger partial charge is 0.369 e. The normalized spacial score (nSPS) is 10.3. The highest BCUT2D eigenvalue weighted by Crippen LogP contribution is 2.34. The Morgan fingerprint density at radius 2 is 1.94 bits per heavy atom. The Balaban J connectivity index is 2.29. The zero-order valence-electron chi connectivity index (χ0n) is 9.24. The van der Waals surface area contributed by atoms with Gasteiger partial charge in [-0.1, -0.05) is 29.3 Å². The molecule has 0 aliphatic rings. The molecule has 2 rings (SSSR count). The molecule has 3 N–H and O–H groups in total. The first kappa shape index (κ1) is 13.2. The standard InChI is InChI=1S/C12H10Cl2N2OS/c13-8-2-1-3-9(14)12(8)16-10-6-18-5-7(10)4-11(15)17/h1-3,5-6,16H,4H2,(H2,15,17). The van der Waals surface area contributed by atoms with Crippen molar-refractivity contribution >= 4 is 51.8 Å². The molecule has 1 amide bonds. The predicted octanol–water partition coefficient (Wildman–Crippen LogP) is 3.83. The Hall–Kier alpha value is -1.23. The number of thiophene rings is 1. The van der Waals surface area contributed by atoms with Crippen LogP contribution in [0.2, 0.25) is 10.0 Å². The van der Waals surface area contributed by atoms with E-state index in [0.29, 0.717) is 15.7 Å². The smallest absolute Gasteiger partial charge is 0.221 e. The number of rotatable bonds is 4. The zero-order valence-corrected chi connectivity index (χ0v) is 11.6. The van der Waals surface area contributed by atoms with Crippen LogP contribution in [0.5, 0.6) is 0 Å². The highest BCUT2D eigenvalue weighted by Gasteiger charge is 2.10. The molecule has 0 saturated heterocycles. The van der Waals surface area contributed by atoms with Gasteiger partial charge in [-0.25, -0.2) is 0 Å². The number of primary amides is 1. The van der Waals surface area contributed by atoms with Gasteiger partial charge in [-0.05, 0) is 23.1 Å². The van der Waals surface area contributed by atoms with E-state index in [-0.39, 0.29) is 12.3 Å². The van der Waals surface area contributed by atoms with Crippen molar-refractivity contribution in [1.82, 2.24) is 0 Å². The molecule has 0 saturated carbocycles. The average molecular weight is 301 g/mol. The minimum atomic E-state index is -0.373. The van der Waals surface area contributed by atoms with Crippen molar-refractivity contribution in [3.8, 4) is 0 Å². The molecule has 1 aromatic carbocycles. The Morgan fingerprint density at radius 1 is 1.28 bits per heavy atom. The van der Waals surface area contributed by atoms with Gasteiger partial charge in [0.2, 0.25) is 5.91 Å². The summed E-state index contributed by atoms with van der Waals surface area (Å²) in [5, 5.41) is 7.95. The number of benzene rings is 1. The SMILES string of the molecule is NC(=O)Cc1cscc1Nc1c(Cl)cccc1Cl. The van der Waals surface area contributed by atoms with E-state index >= 15 is 0 Å². The highest BCUT2D eigenvalue weighted by atomic mass is 35.5. The lowest BCUT2D eigenvalue weighted by molar-refractivity contribution is -0.117. The van der Waals surface area contributed by atoms with E-state index in [2.05, 4.69) is 5.32 Å². The van der Waals surface area contributed by atoms with Gasteiger partial charge >= 0.3 is 0 Å². The van der Waals surface area contributed by atoms with Gasteiger partial charge in [-0.15, -0.1) is 11.3 Å². The zero-order chi connectivity index (χ0) is 13.1. The van der Waals surface area contributed by atoms with Crippen molar-refractivity contribution in [2.24, 2.45) is 5.73 Å². The first-order valence-electron chi connectivity index (χ1n) is 5.12. The van der Waals surface area contributed by atoms with Crippen molar-refractivity contribution in [3.63, 3.8) is 0 Å². The second-order valence-corrected chi connectivity index (χ2v) is 5.23. The van der Waals surface area contributed by atoms with Crippen LogP contribution in [0.25, 0.3) is 0 Å². The first-order chi connectivity index (χ1) is 8.58. The van der Waals surface area contributed by atoms with Gasteiger partial charge in [-0.2, -0.15) is 0 Å². The second kappa shape index (κ2) is 5.61. The number of nitrogens with one attached hydrogen (secondary N) is 1. The summed E-state index contributed by atoms with van der Waals surface area (Å²) < 4.78 is 0. The molecule has 0 atom stereocenters. The van der Waals surface area contributed by atoms with Crippen LogP contribution in [0.4, 0.5) is 11.4 Å². The molecular formula is C12H10Cl2N2OS. The van der Waals surface area contributed by atoms with E-state index < -0.39 is 0 Å². The Kier molecular flexibility index (Phi) is 4.11. The topological polar surface area (TPSA) is 55.1 Å². The fraction of sp³-hybridized carbons (Fsp3) is 0.0833. The summed E-state index contributed by atoms with van der Waals surface area (Å²) >= 11 is 13.6. The van der Waals surface area contributed by atoms with Crippen molar-refractivity contribution in [3.05, 3.63) is 44.6 Å². The van der Waals surface area contributed by atoms with Crippen molar-refractivity contribution in [2.45, 2.75) is 6.42 Å². The Morgan fingerprint density at radius 3 is 2.56 bits per heavy atom. The third kappa shape index (κ3) is 2.96. The minimum absolute atomic E-state index is 0.188. The van der Waals surface area contributed by atoms with Crippen LogP contribution in [0.1, 0.15) is 5.56 Å². The van der Waals surface area contributed by atoms with Gasteiger partial charge in [0.25, 0.3) is 0 Å². The molecule has 0 fully saturated rings. The van der Waals surface area contributed by atoms with Gasteiger partial charge in [0.1, 0.15) is 0 Å². The van der Waals surface area contributed by atoms with Crippen LogP contribution in [0.15, 0.2) is 29.0 Å². The highest BCUT2D eigenvalue weighted by molar-refractivity contribution is 7.08. The van der Waals surface area contributed by atoms with E-state index in [0.717, 1.165) is 11.3 Å². The summed E-state index contributed by atoms with van der Waals surface area (Å²) in [6.07, 6.45) is 0.188. The van der Waals surface area contributed by atoms with E-state index in [1.165, 1.54) is 11.3 Å². The number of halogens is 2. The predicted molar refractivity (Wildman–Crippen MR) is 77.0 cm³/mol. The molecule has 0 spiro atoms. The number of nitrogens with two attached hydrogens (primary N) is 1. The molecule has 0 radical (unpaired) electrons. The van der Waals surface area contributed by atoms with E-state index in [4.69, 9.17) is 28.9 Å². The third-order valence-corrected chi connectivity index (χ3v) is 3.75. The fourth-order valence-electron chi connectivity index (χ4n) is 1.51. The van der Waals surface area contributed by atoms with E-state index in [9.17, 15) is 4.79 Å². The maximum Gasteiger partial charge on any atom is 0.221 e. The number of carbonyl (C=O) groups is 1. The number of anilines is 2. The molecule has 0 bridgehead atoms. The molecule has 3 nitrogen and oxygen atoms in total. The van der Waals surface area contributed by atoms with Crippen LogP contribution in [0.3, 0.4) is 0 Å². The number of hydrogen-bond acceptors (Lipinski definition) is 3. The summed E-state index contributed by atoms with van der Waals surface area (Å²) in [6, 6.07) is 5.26. The van der Waals surface area contributed by atoms with Crippen molar-refractivity contribution < 1.29 is 4.79 Å². The van der Waals surface area contributed by atoms with Crippen molar-refractivity contribution in [1.29, 1.82) is 0 Å². The van der Waals surface area contributed by atoms with Crippen LogP contribution < -0.4 is 11.1 Å². The van der Waals surface area contributed by atoms with E-state index in [1.54, 1.807) is 18.2 Å². The van der Waals surface area contributed by atoms with E-state index in [1.807, 2.05) is 10.8 Å². The quantitative estimate of drug-likeness (QED) is 0.901. The summed E-state index contributed by atoms with van der Waals surface area (Å²) in [5.41, 5.74) is 7.46. The lowest BCUT2D eigenvalue weighted by atomic mass is 10.2. The summed E-state index contributed by atoms with van der Waals surface area (Å²) in [7, 11) is 0. The molecule has 18 heavy (non-hydrogen) atoms. The maximum absolute atomic E-state index is 11.0. The van der Waals surface area contributed by atoms with Crippen LogP contribution in [-0.2, 0) is 11.2 Å². The van der Waals surface area contributed by atoms with Crippen LogP contribution in [-0.4, -0.2) is 5.91 Å². The number of para-hydroxylation sites is 1. The van der Waals surface area contributed by atoms with Crippen LogP contribution in [0, 0.1) is 0 Å². The molecular weight excluding hydrogens is 291 g/mol. The molecule has 0 aliphatic carbocycles. The number of carbonyl (C=O) groups excluding carboxylic acids is 1. The fourth-order valence-corrected chi connectivity index (χ4v) is 2.79. The Labute approximate surface area is 119 Å². The molecule has 1 heterocycles.